The minimum atomic E-state index is -1.04. The fraction of sp³-hybridized carbons (Fsp3) is 0.385. The smallest absolute Gasteiger partial charge is 0.323 e. The van der Waals surface area contributed by atoms with Crippen molar-refractivity contribution in [1.82, 2.24) is 4.90 Å². The van der Waals surface area contributed by atoms with Crippen LogP contribution in [0.4, 0.5) is 10.5 Å². The molecular weight excluding hydrogens is 248 g/mol. The standard InChI is InChI=1S/C13H18N2O4/c1-4-15(8-12(16)17)13(18)14-11-6-5-10(19-3)7-9(11)2/h5-7H,4,8H2,1-3H3,(H,14,18)(H,16,17). The molecule has 0 saturated carbocycles. The Morgan fingerprint density at radius 1 is 1.42 bits per heavy atom. The Bertz CT molecular complexity index is 474. The zero-order chi connectivity index (χ0) is 14.4. The number of amides is 2. The maximum absolute atomic E-state index is 11.9. The Hall–Kier alpha value is -2.24. The Morgan fingerprint density at radius 3 is 2.58 bits per heavy atom. The van der Waals surface area contributed by atoms with Crippen LogP contribution in [0, 0.1) is 6.92 Å². The summed E-state index contributed by atoms with van der Waals surface area (Å²) in [7, 11) is 1.57. The van der Waals surface area contributed by atoms with Gasteiger partial charge in [0.15, 0.2) is 0 Å². The molecule has 104 valence electrons. The van der Waals surface area contributed by atoms with E-state index in [4.69, 9.17) is 9.84 Å². The van der Waals surface area contributed by atoms with Crippen LogP contribution >= 0.6 is 0 Å². The van der Waals surface area contributed by atoms with Gasteiger partial charge >= 0.3 is 12.0 Å². The maximum Gasteiger partial charge on any atom is 0.323 e. The summed E-state index contributed by atoms with van der Waals surface area (Å²) in [5.74, 6) is -0.336. The second kappa shape index (κ2) is 6.63. The monoisotopic (exact) mass is 266 g/mol. The van der Waals surface area contributed by atoms with Crippen molar-refractivity contribution < 1.29 is 19.4 Å². The first-order chi connectivity index (χ1) is 8.97. The number of likely N-dealkylation sites (N-methyl/N-ethyl adjacent to an activating group) is 1. The highest BCUT2D eigenvalue weighted by atomic mass is 16.5. The van der Waals surface area contributed by atoms with Gasteiger partial charge in [0.25, 0.3) is 0 Å². The number of nitrogens with zero attached hydrogens (tertiary/aromatic N) is 1. The van der Waals surface area contributed by atoms with Gasteiger partial charge in [-0.15, -0.1) is 0 Å². The summed E-state index contributed by atoms with van der Waals surface area (Å²) in [4.78, 5) is 23.8. The number of aliphatic carboxylic acids is 1. The van der Waals surface area contributed by atoms with Gasteiger partial charge in [-0.05, 0) is 37.6 Å². The Morgan fingerprint density at radius 2 is 2.11 bits per heavy atom. The molecule has 0 aromatic heterocycles. The highest BCUT2D eigenvalue weighted by molar-refractivity contribution is 5.92. The zero-order valence-electron chi connectivity index (χ0n) is 11.3. The number of hydrogen-bond acceptors (Lipinski definition) is 3. The normalized spacial score (nSPS) is 9.84. The average Bonchev–Trinajstić information content (AvgIpc) is 2.37. The number of carboxylic acids is 1. The summed E-state index contributed by atoms with van der Waals surface area (Å²) < 4.78 is 5.08. The third-order valence-electron chi connectivity index (χ3n) is 2.67. The minimum Gasteiger partial charge on any atom is -0.497 e. The lowest BCUT2D eigenvalue weighted by Crippen LogP contribution is -2.38. The number of carbonyl (C=O) groups is 2. The molecule has 1 rings (SSSR count). The molecule has 0 unspecified atom stereocenters. The molecule has 6 nitrogen and oxygen atoms in total. The summed E-state index contributed by atoms with van der Waals surface area (Å²) >= 11 is 0. The number of aryl methyl sites for hydroxylation is 1. The maximum atomic E-state index is 11.9. The number of urea groups is 1. The SMILES string of the molecule is CCN(CC(=O)O)C(=O)Nc1ccc(OC)cc1C. The number of carbonyl (C=O) groups excluding carboxylic acids is 1. The molecule has 0 aliphatic rings. The lowest BCUT2D eigenvalue weighted by molar-refractivity contribution is -0.137. The minimum absolute atomic E-state index is 0.322. The highest BCUT2D eigenvalue weighted by Crippen LogP contribution is 2.21. The third-order valence-corrected chi connectivity index (χ3v) is 2.67. The van der Waals surface area contributed by atoms with Gasteiger partial charge in [-0.25, -0.2) is 4.79 Å². The highest BCUT2D eigenvalue weighted by Gasteiger charge is 2.15. The number of nitrogens with one attached hydrogen (secondary N) is 1. The van der Waals surface area contributed by atoms with Gasteiger partial charge in [0.05, 0.1) is 7.11 Å². The first-order valence-electron chi connectivity index (χ1n) is 5.90. The van der Waals surface area contributed by atoms with Crippen molar-refractivity contribution >= 4 is 17.7 Å². The van der Waals surface area contributed by atoms with E-state index in [1.165, 1.54) is 4.90 Å². The van der Waals surface area contributed by atoms with Gasteiger partial charge in [0, 0.05) is 12.2 Å². The van der Waals surface area contributed by atoms with Gasteiger partial charge < -0.3 is 20.1 Å². The second-order valence-electron chi connectivity index (χ2n) is 4.02. The summed E-state index contributed by atoms with van der Waals surface area (Å²) in [6.45, 7) is 3.57. The lowest BCUT2D eigenvalue weighted by atomic mass is 10.2. The molecule has 0 radical (unpaired) electrons. The average molecular weight is 266 g/mol. The first-order valence-corrected chi connectivity index (χ1v) is 5.90. The summed E-state index contributed by atoms with van der Waals surface area (Å²) in [5, 5.41) is 11.4. The molecule has 19 heavy (non-hydrogen) atoms. The number of carboxylic acid groups (broad SMARTS) is 1. The van der Waals surface area contributed by atoms with E-state index in [1.807, 2.05) is 6.92 Å². The summed E-state index contributed by atoms with van der Waals surface area (Å²) in [5.41, 5.74) is 1.48. The fourth-order valence-electron chi connectivity index (χ4n) is 1.59. The number of rotatable bonds is 5. The van der Waals surface area contributed by atoms with Crippen LogP contribution in [0.2, 0.25) is 0 Å². The topological polar surface area (TPSA) is 78.9 Å². The van der Waals surface area contributed by atoms with Crippen LogP contribution in [0.15, 0.2) is 18.2 Å². The molecule has 2 N–H and O–H groups in total. The number of hydrogen-bond donors (Lipinski definition) is 2. The molecule has 0 atom stereocenters. The van der Waals surface area contributed by atoms with Crippen molar-refractivity contribution in [3.05, 3.63) is 23.8 Å². The number of anilines is 1. The van der Waals surface area contributed by atoms with Gasteiger partial charge in [-0.1, -0.05) is 0 Å². The van der Waals surface area contributed by atoms with Gasteiger partial charge in [-0.2, -0.15) is 0 Å². The summed E-state index contributed by atoms with van der Waals surface area (Å²) in [6, 6.07) is 4.82. The van der Waals surface area contributed by atoms with Crippen LogP contribution in [-0.2, 0) is 4.79 Å². The van der Waals surface area contributed by atoms with E-state index in [-0.39, 0.29) is 6.54 Å². The quantitative estimate of drug-likeness (QED) is 0.853. The van der Waals surface area contributed by atoms with Crippen LogP contribution in [0.5, 0.6) is 5.75 Å². The number of ether oxygens (including phenoxy) is 1. The van der Waals surface area contributed by atoms with Crippen LogP contribution in [0.1, 0.15) is 12.5 Å². The van der Waals surface area contributed by atoms with E-state index in [0.29, 0.717) is 18.0 Å². The van der Waals surface area contributed by atoms with Gasteiger partial charge in [0.1, 0.15) is 12.3 Å². The van der Waals surface area contributed by atoms with Crippen molar-refractivity contribution in [2.45, 2.75) is 13.8 Å². The molecule has 6 heteroatoms. The molecule has 0 aliphatic carbocycles. The van der Waals surface area contributed by atoms with Crippen molar-refractivity contribution in [2.75, 3.05) is 25.5 Å². The molecule has 0 aliphatic heterocycles. The molecular formula is C13H18N2O4. The summed E-state index contributed by atoms with van der Waals surface area (Å²) in [6.07, 6.45) is 0. The van der Waals surface area contributed by atoms with E-state index in [9.17, 15) is 9.59 Å². The van der Waals surface area contributed by atoms with E-state index in [1.54, 1.807) is 32.2 Å². The zero-order valence-corrected chi connectivity index (χ0v) is 11.3. The van der Waals surface area contributed by atoms with Crippen LogP contribution < -0.4 is 10.1 Å². The van der Waals surface area contributed by atoms with Crippen LogP contribution in [0.25, 0.3) is 0 Å². The molecule has 0 heterocycles. The number of benzene rings is 1. The largest absolute Gasteiger partial charge is 0.497 e. The third kappa shape index (κ3) is 4.17. The molecule has 0 bridgehead atoms. The van der Waals surface area contributed by atoms with Crippen LogP contribution in [-0.4, -0.2) is 42.2 Å². The van der Waals surface area contributed by atoms with E-state index in [0.717, 1.165) is 5.56 Å². The predicted octanol–water partition coefficient (Wildman–Crippen LogP) is 1.94. The lowest BCUT2D eigenvalue weighted by Gasteiger charge is -2.20. The van der Waals surface area contributed by atoms with Crippen molar-refractivity contribution in [3.63, 3.8) is 0 Å². The Kier molecular flexibility index (Phi) is 5.17. The number of methoxy groups -OCH3 is 1. The van der Waals surface area contributed by atoms with Crippen molar-refractivity contribution in [2.24, 2.45) is 0 Å². The van der Waals surface area contributed by atoms with E-state index in [2.05, 4.69) is 5.32 Å². The molecule has 1 aromatic carbocycles. The van der Waals surface area contributed by atoms with E-state index < -0.39 is 12.0 Å². The predicted molar refractivity (Wildman–Crippen MR) is 71.6 cm³/mol. The van der Waals surface area contributed by atoms with Crippen molar-refractivity contribution in [3.8, 4) is 5.75 Å². The van der Waals surface area contributed by atoms with Crippen LogP contribution in [0.3, 0.4) is 0 Å². The van der Waals surface area contributed by atoms with E-state index >= 15 is 0 Å². The Labute approximate surface area is 112 Å². The molecule has 0 fully saturated rings. The Balaban J connectivity index is 2.78. The molecule has 1 aromatic rings. The second-order valence-corrected chi connectivity index (χ2v) is 4.02. The first kappa shape index (κ1) is 14.8. The van der Waals surface area contributed by atoms with Gasteiger partial charge in [0.2, 0.25) is 0 Å². The molecule has 0 spiro atoms. The fourth-order valence-corrected chi connectivity index (χ4v) is 1.59. The van der Waals surface area contributed by atoms with Crippen molar-refractivity contribution in [1.29, 1.82) is 0 Å². The molecule has 0 saturated heterocycles. The van der Waals surface area contributed by atoms with Gasteiger partial charge in [-0.3, -0.25) is 4.79 Å². The molecule has 2 amide bonds.